The number of amidine groups is 1. The summed E-state index contributed by atoms with van der Waals surface area (Å²) in [5.41, 5.74) is 2.72. The van der Waals surface area contributed by atoms with E-state index in [4.69, 9.17) is 0 Å². The first-order valence-corrected chi connectivity index (χ1v) is 9.14. The van der Waals surface area contributed by atoms with E-state index >= 15 is 0 Å². The summed E-state index contributed by atoms with van der Waals surface area (Å²) < 4.78 is 0. The number of phenolic OH excluding ortho intramolecular Hbond substituents is 1. The molecule has 0 unspecified atom stereocenters. The van der Waals surface area contributed by atoms with Gasteiger partial charge in [0.2, 0.25) is 0 Å². The van der Waals surface area contributed by atoms with Gasteiger partial charge in [-0.05, 0) is 54.4 Å². The standard InChI is InChI=1S/C20H20N2O2S/c1-2-3-6-14-9-11-16(12-10-14)21-20-22-19(24)18(25-20)13-15-7-4-5-8-17(15)23/h4-5,7-13,23H,2-3,6H2,1H3,(H,21,22,24)/b18-13-. The molecule has 2 aromatic rings. The van der Waals surface area contributed by atoms with E-state index in [9.17, 15) is 9.90 Å². The second-order valence-corrected chi connectivity index (χ2v) is 6.84. The Bertz CT molecular complexity index is 826. The molecule has 1 aliphatic heterocycles. The second kappa shape index (κ2) is 8.03. The summed E-state index contributed by atoms with van der Waals surface area (Å²) in [4.78, 5) is 17.1. The second-order valence-electron chi connectivity index (χ2n) is 5.81. The van der Waals surface area contributed by atoms with Crippen molar-refractivity contribution in [1.82, 2.24) is 5.32 Å². The first-order valence-electron chi connectivity index (χ1n) is 8.32. The minimum absolute atomic E-state index is 0.149. The molecular weight excluding hydrogens is 332 g/mol. The van der Waals surface area contributed by atoms with Crippen LogP contribution in [0.2, 0.25) is 0 Å². The minimum atomic E-state index is -0.202. The van der Waals surface area contributed by atoms with Gasteiger partial charge in [-0.2, -0.15) is 0 Å². The molecule has 5 heteroatoms. The Hall–Kier alpha value is -2.53. The number of aromatic hydroxyl groups is 1. The molecule has 2 aromatic carbocycles. The fraction of sp³-hybridized carbons (Fsp3) is 0.200. The number of hydrogen-bond acceptors (Lipinski definition) is 4. The number of aryl methyl sites for hydroxylation is 1. The average molecular weight is 352 g/mol. The predicted molar refractivity (Wildman–Crippen MR) is 104 cm³/mol. The van der Waals surface area contributed by atoms with Crippen LogP contribution < -0.4 is 5.32 Å². The lowest BCUT2D eigenvalue weighted by molar-refractivity contribution is -0.115. The Morgan fingerprint density at radius 3 is 2.64 bits per heavy atom. The van der Waals surface area contributed by atoms with Crippen LogP contribution in [0, 0.1) is 0 Å². The lowest BCUT2D eigenvalue weighted by Gasteiger charge is -2.01. The number of thioether (sulfide) groups is 1. The first-order chi connectivity index (χ1) is 12.2. The van der Waals surface area contributed by atoms with Crippen LogP contribution in [-0.4, -0.2) is 16.2 Å². The summed E-state index contributed by atoms with van der Waals surface area (Å²) in [6.07, 6.45) is 5.11. The fourth-order valence-electron chi connectivity index (χ4n) is 2.47. The predicted octanol–water partition coefficient (Wildman–Crippen LogP) is 4.63. The molecule has 1 aliphatic rings. The summed E-state index contributed by atoms with van der Waals surface area (Å²) in [6.45, 7) is 2.18. The van der Waals surface area contributed by atoms with E-state index in [-0.39, 0.29) is 11.7 Å². The number of carbonyl (C=O) groups excluding carboxylic acids is 1. The van der Waals surface area contributed by atoms with Gasteiger partial charge in [0, 0.05) is 5.56 Å². The lowest BCUT2D eigenvalue weighted by Crippen LogP contribution is -2.19. The molecule has 0 radical (unpaired) electrons. The molecule has 1 fully saturated rings. The molecule has 0 aliphatic carbocycles. The highest BCUT2D eigenvalue weighted by molar-refractivity contribution is 8.18. The fourth-order valence-corrected chi connectivity index (χ4v) is 3.30. The molecular formula is C20H20N2O2S. The number of benzene rings is 2. The normalized spacial score (nSPS) is 17.2. The van der Waals surface area contributed by atoms with E-state index in [2.05, 4.69) is 29.4 Å². The van der Waals surface area contributed by atoms with Crippen LogP contribution in [-0.2, 0) is 11.2 Å². The van der Waals surface area contributed by atoms with Gasteiger partial charge in [0.15, 0.2) is 5.17 Å². The molecule has 0 spiro atoms. The molecule has 3 rings (SSSR count). The molecule has 1 saturated heterocycles. The number of unbranched alkanes of at least 4 members (excludes halogenated alkanes) is 1. The molecule has 128 valence electrons. The number of phenols is 1. The lowest BCUT2D eigenvalue weighted by atomic mass is 10.1. The summed E-state index contributed by atoms with van der Waals surface area (Å²) >= 11 is 1.27. The summed E-state index contributed by atoms with van der Waals surface area (Å²) in [5, 5.41) is 13.1. The molecule has 2 N–H and O–H groups in total. The minimum Gasteiger partial charge on any atom is -0.507 e. The smallest absolute Gasteiger partial charge is 0.264 e. The molecule has 1 heterocycles. The van der Waals surface area contributed by atoms with Crippen molar-refractivity contribution in [2.24, 2.45) is 4.99 Å². The SMILES string of the molecule is CCCCc1ccc(N=C2NC(=O)/C(=C/c3ccccc3O)S2)cc1. The van der Waals surface area contributed by atoms with Gasteiger partial charge in [0.05, 0.1) is 10.6 Å². The summed E-state index contributed by atoms with van der Waals surface area (Å²) in [5.74, 6) is -0.0528. The average Bonchev–Trinajstić information content (AvgIpc) is 2.95. The number of carbonyl (C=O) groups is 1. The van der Waals surface area contributed by atoms with Gasteiger partial charge in [-0.1, -0.05) is 43.7 Å². The van der Waals surface area contributed by atoms with E-state index in [0.717, 1.165) is 12.1 Å². The molecule has 0 saturated carbocycles. The van der Waals surface area contributed by atoms with Crippen molar-refractivity contribution in [3.63, 3.8) is 0 Å². The zero-order chi connectivity index (χ0) is 17.6. The molecule has 0 aromatic heterocycles. The van der Waals surface area contributed by atoms with Crippen LogP contribution in [0.4, 0.5) is 5.69 Å². The molecule has 0 bridgehead atoms. The zero-order valence-electron chi connectivity index (χ0n) is 14.0. The van der Waals surface area contributed by atoms with Gasteiger partial charge in [-0.15, -0.1) is 0 Å². The molecule has 0 atom stereocenters. The number of aliphatic imine (C=N–C) groups is 1. The summed E-state index contributed by atoms with van der Waals surface area (Å²) in [7, 11) is 0. The zero-order valence-corrected chi connectivity index (χ0v) is 14.8. The maximum absolute atomic E-state index is 12.1. The van der Waals surface area contributed by atoms with Crippen LogP contribution in [0.25, 0.3) is 6.08 Å². The van der Waals surface area contributed by atoms with Gasteiger partial charge in [0.25, 0.3) is 5.91 Å². The number of nitrogens with zero attached hydrogens (tertiary/aromatic N) is 1. The van der Waals surface area contributed by atoms with Crippen molar-refractivity contribution in [3.8, 4) is 5.75 Å². The van der Waals surface area contributed by atoms with E-state index in [1.54, 1.807) is 24.3 Å². The summed E-state index contributed by atoms with van der Waals surface area (Å²) in [6, 6.07) is 15.0. The van der Waals surface area contributed by atoms with E-state index in [1.165, 1.54) is 30.2 Å². The van der Waals surface area contributed by atoms with Gasteiger partial charge in [-0.25, -0.2) is 4.99 Å². The van der Waals surface area contributed by atoms with Crippen LogP contribution in [0.3, 0.4) is 0 Å². The third-order valence-electron chi connectivity index (χ3n) is 3.86. The van der Waals surface area contributed by atoms with Crippen LogP contribution in [0.15, 0.2) is 58.4 Å². The van der Waals surface area contributed by atoms with E-state index < -0.39 is 0 Å². The van der Waals surface area contributed by atoms with Crippen molar-refractivity contribution in [2.45, 2.75) is 26.2 Å². The van der Waals surface area contributed by atoms with Crippen molar-refractivity contribution in [3.05, 3.63) is 64.6 Å². The highest BCUT2D eigenvalue weighted by Gasteiger charge is 2.24. The topological polar surface area (TPSA) is 61.7 Å². The Balaban J connectivity index is 1.73. The largest absolute Gasteiger partial charge is 0.507 e. The number of nitrogens with one attached hydrogen (secondary N) is 1. The van der Waals surface area contributed by atoms with Crippen molar-refractivity contribution in [1.29, 1.82) is 0 Å². The van der Waals surface area contributed by atoms with Crippen LogP contribution in [0.1, 0.15) is 30.9 Å². The van der Waals surface area contributed by atoms with E-state index in [0.29, 0.717) is 15.6 Å². The maximum Gasteiger partial charge on any atom is 0.264 e. The van der Waals surface area contributed by atoms with Gasteiger partial charge < -0.3 is 10.4 Å². The number of para-hydroxylation sites is 1. The third kappa shape index (κ3) is 4.51. The van der Waals surface area contributed by atoms with Gasteiger partial charge in [-0.3, -0.25) is 4.79 Å². The number of rotatable bonds is 5. The van der Waals surface area contributed by atoms with Gasteiger partial charge in [0.1, 0.15) is 5.75 Å². The Kier molecular flexibility index (Phi) is 5.56. The maximum atomic E-state index is 12.1. The third-order valence-corrected chi connectivity index (χ3v) is 4.77. The van der Waals surface area contributed by atoms with Gasteiger partial charge >= 0.3 is 0 Å². The highest BCUT2D eigenvalue weighted by Crippen LogP contribution is 2.30. The van der Waals surface area contributed by atoms with Crippen molar-refractivity contribution < 1.29 is 9.90 Å². The quantitative estimate of drug-likeness (QED) is 0.772. The number of hydrogen-bond donors (Lipinski definition) is 2. The Labute approximate surface area is 151 Å². The molecule has 1 amide bonds. The van der Waals surface area contributed by atoms with E-state index in [1.807, 2.05) is 18.2 Å². The highest BCUT2D eigenvalue weighted by atomic mass is 32.2. The molecule has 4 nitrogen and oxygen atoms in total. The molecule has 25 heavy (non-hydrogen) atoms. The Morgan fingerprint density at radius 2 is 1.92 bits per heavy atom. The van der Waals surface area contributed by atoms with Crippen LogP contribution >= 0.6 is 11.8 Å². The first kappa shape index (κ1) is 17.3. The number of amides is 1. The van der Waals surface area contributed by atoms with Crippen molar-refractivity contribution in [2.75, 3.05) is 0 Å². The monoisotopic (exact) mass is 352 g/mol. The Morgan fingerprint density at radius 1 is 1.16 bits per heavy atom. The van der Waals surface area contributed by atoms with Crippen LogP contribution in [0.5, 0.6) is 5.75 Å². The van der Waals surface area contributed by atoms with Crippen molar-refractivity contribution >= 4 is 34.6 Å².